The second kappa shape index (κ2) is 5.26. The average Bonchev–Trinajstić information content (AvgIpc) is 2.20. The summed E-state index contributed by atoms with van der Waals surface area (Å²) in [5.41, 5.74) is 4.43. The topological polar surface area (TPSA) is 12.4 Å². The normalized spacial score (nSPS) is 10.9. The Hall–Kier alpha value is -0.890. The summed E-state index contributed by atoms with van der Waals surface area (Å²) in [7, 11) is 0. The number of aryl methyl sites for hydroxylation is 1. The molecule has 80 valence electrons. The van der Waals surface area contributed by atoms with Crippen molar-refractivity contribution in [3.05, 3.63) is 34.3 Å². The average molecular weight is 266 g/mol. The monoisotopic (exact) mass is 265 g/mol. The minimum absolute atomic E-state index is 1.00. The van der Waals surface area contributed by atoms with Gasteiger partial charge in [-0.1, -0.05) is 29.4 Å². The van der Waals surface area contributed by atoms with Gasteiger partial charge >= 0.3 is 0 Å². The smallest absolute Gasteiger partial charge is 0.0703 e. The first-order chi connectivity index (χ1) is 7.10. The molecule has 1 aromatic rings. The number of aliphatic imine (C=N–C) groups is 1. The Bertz CT molecular complexity index is 405. The number of hydrogen-bond acceptors (Lipinski definition) is 1. The minimum Gasteiger partial charge on any atom is -0.261 e. The van der Waals surface area contributed by atoms with Gasteiger partial charge in [0.2, 0.25) is 0 Å². The SMILES string of the molecule is C=C(C)c1cc(Br)c(CC)cc1N=CC. The third-order valence-electron chi connectivity index (χ3n) is 2.27. The Morgan fingerprint density at radius 3 is 2.67 bits per heavy atom. The molecule has 2 heteroatoms. The zero-order valence-electron chi connectivity index (χ0n) is 9.47. The van der Waals surface area contributed by atoms with E-state index in [1.165, 1.54) is 5.56 Å². The molecule has 0 aliphatic rings. The lowest BCUT2D eigenvalue weighted by atomic mass is 10.0. The van der Waals surface area contributed by atoms with Gasteiger partial charge in [0, 0.05) is 16.3 Å². The van der Waals surface area contributed by atoms with Crippen molar-refractivity contribution in [1.82, 2.24) is 0 Å². The highest BCUT2D eigenvalue weighted by molar-refractivity contribution is 9.10. The molecule has 1 aromatic carbocycles. The summed E-state index contributed by atoms with van der Waals surface area (Å²) < 4.78 is 1.14. The molecular formula is C13H16BrN. The van der Waals surface area contributed by atoms with E-state index >= 15 is 0 Å². The summed E-state index contributed by atoms with van der Waals surface area (Å²) in [6.07, 6.45) is 2.82. The fourth-order valence-corrected chi connectivity index (χ4v) is 2.09. The molecule has 0 fully saturated rings. The first kappa shape index (κ1) is 12.2. The van der Waals surface area contributed by atoms with Crippen molar-refractivity contribution in [1.29, 1.82) is 0 Å². The van der Waals surface area contributed by atoms with E-state index in [4.69, 9.17) is 0 Å². The van der Waals surface area contributed by atoms with E-state index in [1.807, 2.05) is 20.1 Å². The van der Waals surface area contributed by atoms with Gasteiger partial charge in [0.1, 0.15) is 0 Å². The first-order valence-corrected chi connectivity index (χ1v) is 5.86. The maximum absolute atomic E-state index is 4.37. The van der Waals surface area contributed by atoms with Crippen LogP contribution in [0, 0.1) is 0 Å². The summed E-state index contributed by atoms with van der Waals surface area (Å²) in [5, 5.41) is 0. The van der Waals surface area contributed by atoms with Crippen LogP contribution in [0.25, 0.3) is 5.57 Å². The molecule has 0 atom stereocenters. The lowest BCUT2D eigenvalue weighted by Gasteiger charge is -2.09. The van der Waals surface area contributed by atoms with E-state index in [-0.39, 0.29) is 0 Å². The Morgan fingerprint density at radius 1 is 1.53 bits per heavy atom. The van der Waals surface area contributed by atoms with Crippen LogP contribution in [0.3, 0.4) is 0 Å². The van der Waals surface area contributed by atoms with Gasteiger partial charge in [0.15, 0.2) is 0 Å². The first-order valence-electron chi connectivity index (χ1n) is 5.07. The van der Waals surface area contributed by atoms with Crippen molar-refractivity contribution < 1.29 is 0 Å². The summed E-state index contributed by atoms with van der Waals surface area (Å²) in [4.78, 5) is 4.37. The standard InChI is InChI=1S/C13H16BrN/c1-5-10-7-13(15-6-2)11(9(3)4)8-12(10)14/h6-8H,3,5H2,1-2,4H3. The molecule has 1 nitrogen and oxygen atoms in total. The fourth-order valence-electron chi connectivity index (χ4n) is 1.46. The van der Waals surface area contributed by atoms with Crippen molar-refractivity contribution in [3.63, 3.8) is 0 Å². The van der Waals surface area contributed by atoms with Crippen molar-refractivity contribution in [2.75, 3.05) is 0 Å². The van der Waals surface area contributed by atoms with E-state index in [9.17, 15) is 0 Å². The summed E-state index contributed by atoms with van der Waals surface area (Å²) in [6.45, 7) is 10.0. The number of rotatable bonds is 3. The molecule has 0 aliphatic carbocycles. The van der Waals surface area contributed by atoms with Crippen LogP contribution in [0.2, 0.25) is 0 Å². The van der Waals surface area contributed by atoms with Gasteiger partial charge < -0.3 is 0 Å². The Balaban J connectivity index is 3.38. The molecule has 0 saturated carbocycles. The van der Waals surface area contributed by atoms with Crippen LogP contribution in [0.1, 0.15) is 31.9 Å². The highest BCUT2D eigenvalue weighted by Gasteiger charge is 2.06. The molecule has 15 heavy (non-hydrogen) atoms. The molecule has 1 rings (SSSR count). The van der Waals surface area contributed by atoms with Gasteiger partial charge in [-0.05, 0) is 43.5 Å². The van der Waals surface area contributed by atoms with Crippen LogP contribution in [-0.2, 0) is 6.42 Å². The lowest BCUT2D eigenvalue weighted by molar-refractivity contribution is 1.12. The van der Waals surface area contributed by atoms with Gasteiger partial charge in [-0.15, -0.1) is 0 Å². The maximum Gasteiger partial charge on any atom is 0.0703 e. The van der Waals surface area contributed by atoms with Crippen LogP contribution < -0.4 is 0 Å². The number of benzene rings is 1. The zero-order valence-corrected chi connectivity index (χ0v) is 11.1. The predicted molar refractivity (Wildman–Crippen MR) is 72.1 cm³/mol. The van der Waals surface area contributed by atoms with Crippen molar-refractivity contribution in [3.8, 4) is 0 Å². The minimum atomic E-state index is 1.00. The molecule has 0 saturated heterocycles. The third-order valence-corrected chi connectivity index (χ3v) is 3.01. The number of nitrogens with zero attached hydrogens (tertiary/aromatic N) is 1. The highest BCUT2D eigenvalue weighted by atomic mass is 79.9. The number of hydrogen-bond donors (Lipinski definition) is 0. The summed E-state index contributed by atoms with van der Waals surface area (Å²) in [5.74, 6) is 0. The highest BCUT2D eigenvalue weighted by Crippen LogP contribution is 2.31. The molecule has 0 radical (unpaired) electrons. The van der Waals surface area contributed by atoms with Crippen LogP contribution in [0.15, 0.2) is 28.2 Å². The fraction of sp³-hybridized carbons (Fsp3) is 0.308. The van der Waals surface area contributed by atoms with Crippen LogP contribution in [0.4, 0.5) is 5.69 Å². The molecule has 0 aromatic heterocycles. The van der Waals surface area contributed by atoms with Gasteiger partial charge in [0.25, 0.3) is 0 Å². The zero-order chi connectivity index (χ0) is 11.4. The van der Waals surface area contributed by atoms with E-state index < -0.39 is 0 Å². The van der Waals surface area contributed by atoms with Crippen LogP contribution in [0.5, 0.6) is 0 Å². The van der Waals surface area contributed by atoms with Crippen LogP contribution in [-0.4, -0.2) is 6.21 Å². The van der Waals surface area contributed by atoms with E-state index in [0.717, 1.165) is 27.7 Å². The molecular weight excluding hydrogens is 250 g/mol. The van der Waals surface area contributed by atoms with Crippen molar-refractivity contribution in [2.45, 2.75) is 27.2 Å². The van der Waals surface area contributed by atoms with E-state index in [0.29, 0.717) is 0 Å². The molecule has 0 aliphatic heterocycles. The molecule has 0 unspecified atom stereocenters. The predicted octanol–water partition coefficient (Wildman–Crippen LogP) is 4.77. The van der Waals surface area contributed by atoms with Crippen molar-refractivity contribution >= 4 is 33.4 Å². The van der Waals surface area contributed by atoms with E-state index in [2.05, 4.69) is 46.6 Å². The molecule has 0 amide bonds. The van der Waals surface area contributed by atoms with E-state index in [1.54, 1.807) is 0 Å². The largest absolute Gasteiger partial charge is 0.261 e. The summed E-state index contributed by atoms with van der Waals surface area (Å²) >= 11 is 3.57. The second-order valence-electron chi connectivity index (χ2n) is 3.48. The van der Waals surface area contributed by atoms with Gasteiger partial charge in [-0.3, -0.25) is 4.99 Å². The van der Waals surface area contributed by atoms with Gasteiger partial charge in [0.05, 0.1) is 5.69 Å². The van der Waals surface area contributed by atoms with Crippen LogP contribution >= 0.6 is 15.9 Å². The summed E-state index contributed by atoms with van der Waals surface area (Å²) in [6, 6.07) is 4.22. The molecule has 0 spiro atoms. The Kier molecular flexibility index (Phi) is 4.28. The Morgan fingerprint density at radius 2 is 2.20 bits per heavy atom. The second-order valence-corrected chi connectivity index (χ2v) is 4.34. The number of halogens is 1. The number of allylic oxidation sites excluding steroid dienone is 1. The molecule has 0 N–H and O–H groups in total. The third kappa shape index (κ3) is 2.78. The van der Waals surface area contributed by atoms with Gasteiger partial charge in [-0.2, -0.15) is 0 Å². The molecule has 0 heterocycles. The molecule has 0 bridgehead atoms. The maximum atomic E-state index is 4.37. The quantitative estimate of drug-likeness (QED) is 0.699. The van der Waals surface area contributed by atoms with Gasteiger partial charge in [-0.25, -0.2) is 0 Å². The lowest BCUT2D eigenvalue weighted by Crippen LogP contribution is -1.87. The Labute approximate surface area is 100 Å². The van der Waals surface area contributed by atoms with Crippen molar-refractivity contribution in [2.24, 2.45) is 4.99 Å².